The molecule has 3 aromatic rings. The summed E-state index contributed by atoms with van der Waals surface area (Å²) in [6.45, 7) is 6.29. The van der Waals surface area contributed by atoms with Crippen LogP contribution < -0.4 is 10.9 Å². The number of fused-ring (bicyclic) bond motifs is 2. The fraction of sp³-hybridized carbons (Fsp3) is 0.391. The van der Waals surface area contributed by atoms with Gasteiger partial charge in [-0.15, -0.1) is 0 Å². The van der Waals surface area contributed by atoms with Gasteiger partial charge in [-0.2, -0.15) is 0 Å². The van der Waals surface area contributed by atoms with E-state index in [4.69, 9.17) is 0 Å². The average Bonchev–Trinajstić information content (AvgIpc) is 3.32. The van der Waals surface area contributed by atoms with Gasteiger partial charge in [0.05, 0.1) is 16.4 Å². The van der Waals surface area contributed by atoms with Crippen molar-refractivity contribution in [3.05, 3.63) is 63.8 Å². The van der Waals surface area contributed by atoms with Crippen LogP contribution >= 0.6 is 0 Å². The summed E-state index contributed by atoms with van der Waals surface area (Å²) in [4.78, 5) is 33.5. The normalized spacial score (nSPS) is 17.4. The number of carbonyl (C=O) groups is 1. The van der Waals surface area contributed by atoms with Gasteiger partial charge in [-0.25, -0.2) is 9.97 Å². The number of aromatic nitrogens is 3. The van der Waals surface area contributed by atoms with Crippen molar-refractivity contribution in [1.29, 1.82) is 0 Å². The van der Waals surface area contributed by atoms with Gasteiger partial charge in [0.25, 0.3) is 5.56 Å². The molecular formula is C23H24N4O2. The number of pyridine rings is 1. The van der Waals surface area contributed by atoms with Gasteiger partial charge in [0.2, 0.25) is 0 Å². The second-order valence-electron chi connectivity index (χ2n) is 9.00. The molecule has 6 heteroatoms. The Hall–Kier alpha value is -3.02. The Balaban J connectivity index is 1.60. The molecule has 1 N–H and O–H groups in total. The first-order chi connectivity index (χ1) is 13.8. The van der Waals surface area contributed by atoms with E-state index in [0.29, 0.717) is 17.8 Å². The summed E-state index contributed by atoms with van der Waals surface area (Å²) in [6.07, 6.45) is 6.74. The largest absolute Gasteiger partial charge is 0.360 e. The van der Waals surface area contributed by atoms with Crippen molar-refractivity contribution < 1.29 is 4.79 Å². The third kappa shape index (κ3) is 2.85. The molecule has 0 bridgehead atoms. The predicted molar refractivity (Wildman–Crippen MR) is 112 cm³/mol. The fourth-order valence-electron chi connectivity index (χ4n) is 4.41. The minimum Gasteiger partial charge on any atom is -0.360 e. The minimum absolute atomic E-state index is 0.0270. The lowest BCUT2D eigenvalue weighted by Crippen LogP contribution is -2.31. The van der Waals surface area contributed by atoms with Gasteiger partial charge in [0.15, 0.2) is 5.78 Å². The Labute approximate surface area is 169 Å². The van der Waals surface area contributed by atoms with Crippen molar-refractivity contribution >= 4 is 22.5 Å². The zero-order chi connectivity index (χ0) is 20.4. The number of nitrogens with one attached hydrogen (secondary N) is 1. The van der Waals surface area contributed by atoms with E-state index in [1.807, 2.05) is 22.9 Å². The Kier molecular flexibility index (Phi) is 3.72. The van der Waals surface area contributed by atoms with Crippen molar-refractivity contribution in [2.45, 2.75) is 57.5 Å². The smallest absolute Gasteiger partial charge is 0.253 e. The molecule has 2 heterocycles. The van der Waals surface area contributed by atoms with Gasteiger partial charge in [0, 0.05) is 29.8 Å². The third-order valence-electron chi connectivity index (χ3n) is 6.41. The standard InChI is InChI=1S/C23H24N4O2/c1-22(2,17-6-4-5-15-14(17)7-8-19(15)28)26-21-16-12-27(23(3)9-10-23)20(29)11-18(16)24-13-25-21/h4-6,11-13H,7-10H2,1-3H3,(H,24,25,26). The molecular weight excluding hydrogens is 364 g/mol. The van der Waals surface area contributed by atoms with Gasteiger partial charge in [-0.3, -0.25) is 9.59 Å². The predicted octanol–water partition coefficient (Wildman–Crippen LogP) is 3.78. The Bertz CT molecular complexity index is 1220. The zero-order valence-corrected chi connectivity index (χ0v) is 17.0. The minimum atomic E-state index is -0.443. The van der Waals surface area contributed by atoms with Crippen LogP contribution in [0.5, 0.6) is 0 Å². The van der Waals surface area contributed by atoms with E-state index in [-0.39, 0.29) is 16.9 Å². The number of anilines is 1. The Morgan fingerprint density at radius 1 is 1.14 bits per heavy atom. The number of hydrogen-bond donors (Lipinski definition) is 1. The molecule has 1 aromatic carbocycles. The highest BCUT2D eigenvalue weighted by Crippen LogP contribution is 2.42. The third-order valence-corrected chi connectivity index (χ3v) is 6.41. The van der Waals surface area contributed by atoms with E-state index in [9.17, 15) is 9.59 Å². The molecule has 1 saturated carbocycles. The molecule has 5 rings (SSSR count). The Morgan fingerprint density at radius 2 is 1.93 bits per heavy atom. The molecule has 0 amide bonds. The van der Waals surface area contributed by atoms with Gasteiger partial charge in [0.1, 0.15) is 12.1 Å². The average molecular weight is 388 g/mol. The summed E-state index contributed by atoms with van der Waals surface area (Å²) in [6, 6.07) is 7.54. The first-order valence-electron chi connectivity index (χ1n) is 10.1. The summed E-state index contributed by atoms with van der Waals surface area (Å²) < 4.78 is 1.82. The number of hydrogen-bond acceptors (Lipinski definition) is 5. The molecule has 6 nitrogen and oxygen atoms in total. The highest BCUT2D eigenvalue weighted by Gasteiger charge is 2.40. The highest BCUT2D eigenvalue weighted by atomic mass is 16.1. The van der Waals surface area contributed by atoms with E-state index in [1.54, 1.807) is 6.07 Å². The lowest BCUT2D eigenvalue weighted by atomic mass is 9.88. The van der Waals surface area contributed by atoms with Crippen LogP contribution in [0.4, 0.5) is 5.82 Å². The molecule has 1 fully saturated rings. The van der Waals surface area contributed by atoms with Gasteiger partial charge < -0.3 is 9.88 Å². The maximum absolute atomic E-state index is 12.5. The van der Waals surface area contributed by atoms with E-state index in [1.165, 1.54) is 6.33 Å². The SMILES string of the molecule is CC(C)(Nc1ncnc2cc(=O)n(C3(C)CC3)cc12)c1cccc2c1CCC2=O. The van der Waals surface area contributed by atoms with Crippen LogP contribution in [-0.4, -0.2) is 20.3 Å². The van der Waals surface area contributed by atoms with Crippen LogP contribution in [0.2, 0.25) is 0 Å². The van der Waals surface area contributed by atoms with E-state index in [2.05, 4.69) is 42.1 Å². The lowest BCUT2D eigenvalue weighted by molar-refractivity contribution is 0.0994. The number of ketones is 1. The summed E-state index contributed by atoms with van der Waals surface area (Å²) in [7, 11) is 0. The monoisotopic (exact) mass is 388 g/mol. The molecule has 0 unspecified atom stereocenters. The first kappa shape index (κ1) is 18.0. The summed E-state index contributed by atoms with van der Waals surface area (Å²) in [5.74, 6) is 0.909. The molecule has 148 valence electrons. The Morgan fingerprint density at radius 3 is 2.69 bits per heavy atom. The molecule has 0 aliphatic heterocycles. The maximum atomic E-state index is 12.5. The molecule has 29 heavy (non-hydrogen) atoms. The number of Topliss-reactive ketones (excluding diaryl/α,β-unsaturated/α-hetero) is 1. The quantitative estimate of drug-likeness (QED) is 0.736. The molecule has 2 aromatic heterocycles. The molecule has 2 aliphatic carbocycles. The number of nitrogens with zero attached hydrogens (tertiary/aromatic N) is 3. The lowest BCUT2D eigenvalue weighted by Gasteiger charge is -2.30. The van der Waals surface area contributed by atoms with Crippen molar-refractivity contribution in [3.63, 3.8) is 0 Å². The topological polar surface area (TPSA) is 76.9 Å². The number of carbonyl (C=O) groups excluding carboxylic acids is 1. The summed E-state index contributed by atoms with van der Waals surface area (Å²) in [5, 5.41) is 4.39. The van der Waals surface area contributed by atoms with Crippen molar-refractivity contribution in [2.24, 2.45) is 0 Å². The highest BCUT2D eigenvalue weighted by molar-refractivity contribution is 6.01. The molecule has 0 atom stereocenters. The molecule has 0 saturated heterocycles. The van der Waals surface area contributed by atoms with Crippen LogP contribution in [0.25, 0.3) is 10.9 Å². The van der Waals surface area contributed by atoms with E-state index < -0.39 is 5.54 Å². The van der Waals surface area contributed by atoms with Crippen LogP contribution in [0.1, 0.15) is 61.5 Å². The van der Waals surface area contributed by atoms with Crippen LogP contribution in [0.3, 0.4) is 0 Å². The molecule has 2 aliphatic rings. The van der Waals surface area contributed by atoms with Crippen LogP contribution in [0, 0.1) is 0 Å². The van der Waals surface area contributed by atoms with Gasteiger partial charge >= 0.3 is 0 Å². The van der Waals surface area contributed by atoms with E-state index >= 15 is 0 Å². The van der Waals surface area contributed by atoms with Crippen molar-refractivity contribution in [1.82, 2.24) is 14.5 Å². The van der Waals surface area contributed by atoms with Crippen LogP contribution in [-0.2, 0) is 17.5 Å². The maximum Gasteiger partial charge on any atom is 0.253 e. The molecule has 0 spiro atoms. The number of rotatable bonds is 4. The molecule has 0 radical (unpaired) electrons. The zero-order valence-electron chi connectivity index (χ0n) is 17.0. The van der Waals surface area contributed by atoms with E-state index in [0.717, 1.165) is 41.3 Å². The van der Waals surface area contributed by atoms with Crippen molar-refractivity contribution in [2.75, 3.05) is 5.32 Å². The van der Waals surface area contributed by atoms with Gasteiger partial charge in [-0.05, 0) is 51.2 Å². The summed E-state index contributed by atoms with van der Waals surface area (Å²) >= 11 is 0. The second kappa shape index (κ2) is 5.99. The second-order valence-corrected chi connectivity index (χ2v) is 9.00. The fourth-order valence-corrected chi connectivity index (χ4v) is 4.41. The van der Waals surface area contributed by atoms with Crippen molar-refractivity contribution in [3.8, 4) is 0 Å². The number of benzene rings is 1. The first-order valence-corrected chi connectivity index (χ1v) is 10.1. The summed E-state index contributed by atoms with van der Waals surface area (Å²) in [5.41, 5.74) is 3.13. The van der Waals surface area contributed by atoms with Gasteiger partial charge in [-0.1, -0.05) is 18.2 Å². The van der Waals surface area contributed by atoms with Crippen LogP contribution in [0.15, 0.2) is 41.6 Å².